The van der Waals surface area contributed by atoms with Gasteiger partial charge in [-0.15, -0.1) is 0 Å². The van der Waals surface area contributed by atoms with Crippen molar-refractivity contribution in [3.63, 3.8) is 0 Å². The highest BCUT2D eigenvalue weighted by Gasteiger charge is 2.27. The molecule has 1 fully saturated rings. The first kappa shape index (κ1) is 18.4. The lowest BCUT2D eigenvalue weighted by molar-refractivity contribution is -0.152. The maximum Gasteiger partial charge on any atom is 0.306 e. The molecule has 0 saturated heterocycles. The van der Waals surface area contributed by atoms with Crippen molar-refractivity contribution in [1.29, 1.82) is 0 Å². The van der Waals surface area contributed by atoms with Crippen molar-refractivity contribution in [2.24, 2.45) is 11.8 Å². The lowest BCUT2D eigenvalue weighted by Gasteiger charge is -2.31. The van der Waals surface area contributed by atoms with E-state index in [1.807, 2.05) is 0 Å². The van der Waals surface area contributed by atoms with Gasteiger partial charge in [0.1, 0.15) is 17.7 Å². The van der Waals surface area contributed by atoms with Crippen LogP contribution in [0.1, 0.15) is 46.0 Å². The fourth-order valence-corrected chi connectivity index (χ4v) is 2.87. The standard InChI is InChI=1S/C18H23F2NO3/c1-11-3-5-14(9-12(11)2)24-18(23)8-7-17(22)21-16-6-4-13(19)10-15(16)20/h4,6,10-12,14H,3,5,7-9H2,1-2H3,(H,21,22)/t11-,12+,14-/m1/s1. The monoisotopic (exact) mass is 339 g/mol. The van der Waals surface area contributed by atoms with Gasteiger partial charge in [0.15, 0.2) is 0 Å². The van der Waals surface area contributed by atoms with E-state index in [1.54, 1.807) is 0 Å². The number of esters is 1. The van der Waals surface area contributed by atoms with Crippen LogP contribution in [-0.2, 0) is 14.3 Å². The third-order valence-electron chi connectivity index (χ3n) is 4.61. The van der Waals surface area contributed by atoms with E-state index in [-0.39, 0.29) is 24.6 Å². The minimum atomic E-state index is -0.851. The highest BCUT2D eigenvalue weighted by Crippen LogP contribution is 2.31. The van der Waals surface area contributed by atoms with Crippen LogP contribution in [0.2, 0.25) is 0 Å². The van der Waals surface area contributed by atoms with Gasteiger partial charge in [-0.2, -0.15) is 0 Å². The van der Waals surface area contributed by atoms with Gasteiger partial charge in [-0.3, -0.25) is 9.59 Å². The molecule has 1 N–H and O–H groups in total. The molecule has 1 saturated carbocycles. The Morgan fingerprint density at radius 2 is 1.92 bits per heavy atom. The second-order valence-corrected chi connectivity index (χ2v) is 6.55. The van der Waals surface area contributed by atoms with E-state index in [0.29, 0.717) is 17.9 Å². The topological polar surface area (TPSA) is 55.4 Å². The van der Waals surface area contributed by atoms with Crippen LogP contribution in [0.15, 0.2) is 18.2 Å². The van der Waals surface area contributed by atoms with Gasteiger partial charge in [0.25, 0.3) is 0 Å². The summed E-state index contributed by atoms with van der Waals surface area (Å²) < 4.78 is 31.6. The molecule has 1 amide bonds. The Morgan fingerprint density at radius 1 is 1.17 bits per heavy atom. The summed E-state index contributed by atoms with van der Waals surface area (Å²) >= 11 is 0. The number of nitrogens with one attached hydrogen (secondary N) is 1. The molecular weight excluding hydrogens is 316 g/mol. The smallest absolute Gasteiger partial charge is 0.306 e. The molecule has 1 aromatic rings. The molecule has 0 spiro atoms. The quantitative estimate of drug-likeness (QED) is 0.823. The van der Waals surface area contributed by atoms with Crippen LogP contribution in [0.4, 0.5) is 14.5 Å². The molecule has 132 valence electrons. The van der Waals surface area contributed by atoms with Gasteiger partial charge in [0.05, 0.1) is 12.1 Å². The predicted octanol–water partition coefficient (Wildman–Crippen LogP) is 4.05. The number of amides is 1. The highest BCUT2D eigenvalue weighted by atomic mass is 19.1. The van der Waals surface area contributed by atoms with E-state index in [4.69, 9.17) is 4.74 Å². The molecule has 0 radical (unpaired) electrons. The minimum absolute atomic E-state index is 0.0604. The van der Waals surface area contributed by atoms with Crippen LogP contribution >= 0.6 is 0 Å². The summed E-state index contributed by atoms with van der Waals surface area (Å²) in [4.78, 5) is 23.6. The second-order valence-electron chi connectivity index (χ2n) is 6.55. The third-order valence-corrected chi connectivity index (χ3v) is 4.61. The molecule has 6 heteroatoms. The van der Waals surface area contributed by atoms with Gasteiger partial charge < -0.3 is 10.1 Å². The van der Waals surface area contributed by atoms with Gasteiger partial charge in [0.2, 0.25) is 5.91 Å². The number of hydrogen-bond donors (Lipinski definition) is 1. The van der Waals surface area contributed by atoms with E-state index in [2.05, 4.69) is 19.2 Å². The number of carbonyl (C=O) groups excluding carboxylic acids is 2. The van der Waals surface area contributed by atoms with Crippen LogP contribution in [0.25, 0.3) is 0 Å². The van der Waals surface area contributed by atoms with E-state index in [9.17, 15) is 18.4 Å². The van der Waals surface area contributed by atoms with Crippen LogP contribution in [0.5, 0.6) is 0 Å². The van der Waals surface area contributed by atoms with E-state index >= 15 is 0 Å². The molecule has 24 heavy (non-hydrogen) atoms. The maximum absolute atomic E-state index is 13.4. The Balaban J connectivity index is 1.74. The van der Waals surface area contributed by atoms with Crippen molar-refractivity contribution < 1.29 is 23.1 Å². The molecule has 0 aromatic heterocycles. The molecule has 3 atom stereocenters. The summed E-state index contributed by atoms with van der Waals surface area (Å²) in [5.74, 6) is -1.35. The van der Waals surface area contributed by atoms with Crippen LogP contribution < -0.4 is 5.32 Å². The van der Waals surface area contributed by atoms with Gasteiger partial charge in [-0.1, -0.05) is 13.8 Å². The average molecular weight is 339 g/mol. The number of anilines is 1. The summed E-state index contributed by atoms with van der Waals surface area (Å²) in [6, 6.07) is 2.89. The lowest BCUT2D eigenvalue weighted by Crippen LogP contribution is -2.29. The zero-order valence-corrected chi connectivity index (χ0v) is 14.0. The van der Waals surface area contributed by atoms with E-state index in [1.165, 1.54) is 0 Å². The van der Waals surface area contributed by atoms with Crippen molar-refractivity contribution in [2.75, 3.05) is 5.32 Å². The summed E-state index contributed by atoms with van der Waals surface area (Å²) in [6.07, 6.45) is 2.48. The molecule has 0 heterocycles. The van der Waals surface area contributed by atoms with Crippen molar-refractivity contribution in [2.45, 2.75) is 52.1 Å². The van der Waals surface area contributed by atoms with Crippen LogP contribution in [0.3, 0.4) is 0 Å². The Hall–Kier alpha value is -1.98. The Labute approximate surface area is 140 Å². The van der Waals surface area contributed by atoms with Crippen LogP contribution in [0, 0.1) is 23.5 Å². The molecule has 1 aliphatic rings. The van der Waals surface area contributed by atoms with Gasteiger partial charge in [-0.25, -0.2) is 8.78 Å². The molecule has 1 aliphatic carbocycles. The van der Waals surface area contributed by atoms with Crippen LogP contribution in [-0.4, -0.2) is 18.0 Å². The molecule has 2 rings (SSSR count). The molecule has 1 aromatic carbocycles. The van der Waals surface area contributed by atoms with Gasteiger partial charge in [-0.05, 0) is 43.2 Å². The van der Waals surface area contributed by atoms with Crippen molar-refractivity contribution in [1.82, 2.24) is 0 Å². The molecule has 0 bridgehead atoms. The lowest BCUT2D eigenvalue weighted by atomic mass is 9.80. The maximum atomic E-state index is 13.4. The van der Waals surface area contributed by atoms with Crippen molar-refractivity contribution in [3.8, 4) is 0 Å². The first-order valence-electron chi connectivity index (χ1n) is 8.29. The molecule has 0 unspecified atom stereocenters. The Bertz CT molecular complexity index is 606. The second kappa shape index (κ2) is 8.22. The SMILES string of the molecule is C[C@@H]1CC[C@@H](OC(=O)CCC(=O)Nc2ccc(F)cc2F)C[C@@H]1C. The number of benzene rings is 1. The first-order valence-corrected chi connectivity index (χ1v) is 8.29. The number of rotatable bonds is 5. The zero-order valence-electron chi connectivity index (χ0n) is 14.0. The molecular formula is C18H23F2NO3. The first-order chi connectivity index (χ1) is 11.3. The Kier molecular flexibility index (Phi) is 6.29. The van der Waals surface area contributed by atoms with Crippen molar-refractivity contribution >= 4 is 17.6 Å². The largest absolute Gasteiger partial charge is 0.462 e. The minimum Gasteiger partial charge on any atom is -0.462 e. The van der Waals surface area contributed by atoms with E-state index in [0.717, 1.165) is 31.4 Å². The zero-order chi connectivity index (χ0) is 17.7. The number of halogens is 2. The fraction of sp³-hybridized carbons (Fsp3) is 0.556. The predicted molar refractivity (Wildman–Crippen MR) is 86.3 cm³/mol. The normalized spacial score (nSPS) is 23.6. The van der Waals surface area contributed by atoms with Gasteiger partial charge >= 0.3 is 5.97 Å². The summed E-state index contributed by atoms with van der Waals surface area (Å²) in [5, 5.41) is 2.32. The van der Waals surface area contributed by atoms with Gasteiger partial charge in [0, 0.05) is 12.5 Å². The number of ether oxygens (including phenoxy) is 1. The summed E-state index contributed by atoms with van der Waals surface area (Å²) in [5.41, 5.74) is -0.107. The highest BCUT2D eigenvalue weighted by molar-refractivity contribution is 5.92. The Morgan fingerprint density at radius 3 is 2.58 bits per heavy atom. The molecule has 4 nitrogen and oxygen atoms in total. The fourth-order valence-electron chi connectivity index (χ4n) is 2.87. The van der Waals surface area contributed by atoms with E-state index < -0.39 is 23.5 Å². The summed E-state index contributed by atoms with van der Waals surface area (Å²) in [6.45, 7) is 4.34. The third kappa shape index (κ3) is 5.28. The number of carbonyl (C=O) groups is 2. The summed E-state index contributed by atoms with van der Waals surface area (Å²) in [7, 11) is 0. The van der Waals surface area contributed by atoms with Crippen molar-refractivity contribution in [3.05, 3.63) is 29.8 Å². The average Bonchev–Trinajstić information content (AvgIpc) is 2.52. The molecule has 0 aliphatic heterocycles. The number of hydrogen-bond acceptors (Lipinski definition) is 3.